The molecule has 3 aliphatic rings. The van der Waals surface area contributed by atoms with E-state index in [0.29, 0.717) is 5.92 Å². The minimum absolute atomic E-state index is 0.0340. The van der Waals surface area contributed by atoms with Crippen LogP contribution in [0, 0.1) is 17.3 Å². The van der Waals surface area contributed by atoms with E-state index in [2.05, 4.69) is 16.0 Å². The van der Waals surface area contributed by atoms with E-state index in [4.69, 9.17) is 0 Å². The highest BCUT2D eigenvalue weighted by molar-refractivity contribution is 5.94. The second-order valence-electron chi connectivity index (χ2n) is 8.31. The summed E-state index contributed by atoms with van der Waals surface area (Å²) in [6.45, 7) is 3.81. The van der Waals surface area contributed by atoms with Gasteiger partial charge in [-0.15, -0.1) is 0 Å². The molecule has 2 saturated carbocycles. The summed E-state index contributed by atoms with van der Waals surface area (Å²) >= 11 is 0. The lowest BCUT2D eigenvalue weighted by atomic mass is 9.67. The minimum atomic E-state index is -0.218. The van der Waals surface area contributed by atoms with Crippen LogP contribution in [0.3, 0.4) is 0 Å². The van der Waals surface area contributed by atoms with Crippen LogP contribution in [0.5, 0.6) is 0 Å². The van der Waals surface area contributed by atoms with Crippen LogP contribution < -0.4 is 16.0 Å². The third kappa shape index (κ3) is 3.37. The number of benzene rings is 1. The summed E-state index contributed by atoms with van der Waals surface area (Å²) in [7, 11) is 0. The molecule has 140 valence electrons. The number of rotatable bonds is 5. The van der Waals surface area contributed by atoms with E-state index in [-0.39, 0.29) is 29.2 Å². The maximum atomic E-state index is 13.1. The highest BCUT2D eigenvalue weighted by Crippen LogP contribution is 2.44. The van der Waals surface area contributed by atoms with Gasteiger partial charge < -0.3 is 16.0 Å². The van der Waals surface area contributed by atoms with Crippen molar-refractivity contribution < 1.29 is 9.59 Å². The summed E-state index contributed by atoms with van der Waals surface area (Å²) in [6, 6.07) is 7.81. The Kier molecular flexibility index (Phi) is 4.74. The summed E-state index contributed by atoms with van der Waals surface area (Å²) in [4.78, 5) is 24.9. The van der Waals surface area contributed by atoms with Crippen LogP contribution in [0.25, 0.3) is 0 Å². The standard InChI is InChI=1S/C21H29N3O2/c1-14(15-7-9-18(10-8-15)24-19(25)16-5-6-16)23-20(26)21-11-3-2-4-17(21)12-22-13-21/h7-10,14,16-17,22H,2-6,11-13H2,1H3,(H,23,26)(H,24,25)/t14?,17-,21+/m0/s1. The zero-order valence-electron chi connectivity index (χ0n) is 15.5. The number of carbonyl (C=O) groups excluding carboxylic acids is 2. The zero-order valence-corrected chi connectivity index (χ0v) is 15.5. The van der Waals surface area contributed by atoms with E-state index in [1.165, 1.54) is 6.42 Å². The van der Waals surface area contributed by atoms with Crippen molar-refractivity contribution in [3.63, 3.8) is 0 Å². The Labute approximate surface area is 155 Å². The fraction of sp³-hybridized carbons (Fsp3) is 0.619. The molecule has 1 aromatic rings. The second kappa shape index (κ2) is 7.03. The first-order chi connectivity index (χ1) is 12.6. The molecule has 1 saturated heterocycles. The molecule has 1 heterocycles. The Hall–Kier alpha value is -1.88. The Balaban J connectivity index is 1.38. The third-order valence-electron chi connectivity index (χ3n) is 6.46. The van der Waals surface area contributed by atoms with Crippen molar-refractivity contribution in [3.05, 3.63) is 29.8 Å². The SMILES string of the molecule is CC(NC(=O)[C@@]12CCCC[C@H]1CNC2)c1ccc(NC(=O)C2CC2)cc1. The topological polar surface area (TPSA) is 70.2 Å². The second-order valence-corrected chi connectivity index (χ2v) is 8.31. The van der Waals surface area contributed by atoms with Crippen LogP contribution in [0.15, 0.2) is 24.3 Å². The molecule has 1 aromatic carbocycles. The predicted octanol–water partition coefficient (Wildman–Crippen LogP) is 2.99. The number of fused-ring (bicyclic) bond motifs is 1. The molecule has 26 heavy (non-hydrogen) atoms. The molecule has 0 radical (unpaired) electrons. The maximum absolute atomic E-state index is 13.1. The molecular weight excluding hydrogens is 326 g/mol. The van der Waals surface area contributed by atoms with Crippen molar-refractivity contribution >= 4 is 17.5 Å². The van der Waals surface area contributed by atoms with Gasteiger partial charge in [-0.3, -0.25) is 9.59 Å². The quantitative estimate of drug-likeness (QED) is 0.760. The first-order valence-corrected chi connectivity index (χ1v) is 10.0. The van der Waals surface area contributed by atoms with Crippen LogP contribution in [-0.4, -0.2) is 24.9 Å². The maximum Gasteiger partial charge on any atom is 0.228 e. The largest absolute Gasteiger partial charge is 0.349 e. The van der Waals surface area contributed by atoms with Crippen LogP contribution in [0.1, 0.15) is 57.1 Å². The predicted molar refractivity (Wildman–Crippen MR) is 102 cm³/mol. The monoisotopic (exact) mass is 355 g/mol. The van der Waals surface area contributed by atoms with Gasteiger partial charge in [-0.1, -0.05) is 25.0 Å². The van der Waals surface area contributed by atoms with E-state index < -0.39 is 0 Å². The summed E-state index contributed by atoms with van der Waals surface area (Å²) in [5.74, 6) is 1.00. The van der Waals surface area contributed by atoms with Crippen molar-refractivity contribution in [2.24, 2.45) is 17.3 Å². The highest BCUT2D eigenvalue weighted by atomic mass is 16.2. The highest BCUT2D eigenvalue weighted by Gasteiger charge is 2.49. The molecule has 3 fully saturated rings. The number of amides is 2. The van der Waals surface area contributed by atoms with Gasteiger partial charge in [0.2, 0.25) is 11.8 Å². The first kappa shape index (κ1) is 17.5. The van der Waals surface area contributed by atoms with Gasteiger partial charge in [-0.2, -0.15) is 0 Å². The fourth-order valence-corrected chi connectivity index (χ4v) is 4.56. The molecule has 5 heteroatoms. The fourth-order valence-electron chi connectivity index (χ4n) is 4.56. The zero-order chi connectivity index (χ0) is 18.1. The average molecular weight is 355 g/mol. The molecule has 2 amide bonds. The lowest BCUT2D eigenvalue weighted by molar-refractivity contribution is -0.134. The van der Waals surface area contributed by atoms with Crippen LogP contribution >= 0.6 is 0 Å². The van der Waals surface area contributed by atoms with Crippen LogP contribution in [0.4, 0.5) is 5.69 Å². The number of nitrogens with one attached hydrogen (secondary N) is 3. The molecule has 2 aliphatic carbocycles. The molecular formula is C21H29N3O2. The Morgan fingerprint density at radius 1 is 1.15 bits per heavy atom. The Bertz CT molecular complexity index is 683. The lowest BCUT2D eigenvalue weighted by Gasteiger charge is -2.38. The average Bonchev–Trinajstić information content (AvgIpc) is 3.41. The van der Waals surface area contributed by atoms with Gasteiger partial charge in [0.1, 0.15) is 0 Å². The van der Waals surface area contributed by atoms with Gasteiger partial charge in [0.15, 0.2) is 0 Å². The molecule has 5 nitrogen and oxygen atoms in total. The van der Waals surface area contributed by atoms with Crippen molar-refractivity contribution in [3.8, 4) is 0 Å². The molecule has 1 unspecified atom stereocenters. The minimum Gasteiger partial charge on any atom is -0.349 e. The van der Waals surface area contributed by atoms with Crippen molar-refractivity contribution in [1.29, 1.82) is 0 Å². The smallest absolute Gasteiger partial charge is 0.228 e. The van der Waals surface area contributed by atoms with Crippen molar-refractivity contribution in [2.45, 2.75) is 51.5 Å². The first-order valence-electron chi connectivity index (χ1n) is 10.0. The number of anilines is 1. The van der Waals surface area contributed by atoms with E-state index in [1.54, 1.807) is 0 Å². The third-order valence-corrected chi connectivity index (χ3v) is 6.46. The molecule has 0 spiro atoms. The normalized spacial score (nSPS) is 28.9. The van der Waals surface area contributed by atoms with E-state index in [9.17, 15) is 9.59 Å². The number of hydrogen-bond acceptors (Lipinski definition) is 3. The molecule has 0 bridgehead atoms. The molecule has 0 aromatic heterocycles. The Morgan fingerprint density at radius 3 is 2.65 bits per heavy atom. The van der Waals surface area contributed by atoms with E-state index >= 15 is 0 Å². The molecule has 1 aliphatic heterocycles. The van der Waals surface area contributed by atoms with Crippen molar-refractivity contribution in [1.82, 2.24) is 10.6 Å². The van der Waals surface area contributed by atoms with Gasteiger partial charge in [0.25, 0.3) is 0 Å². The van der Waals surface area contributed by atoms with Gasteiger partial charge in [-0.05, 0) is 62.8 Å². The molecule has 4 rings (SSSR count). The van der Waals surface area contributed by atoms with Gasteiger partial charge >= 0.3 is 0 Å². The summed E-state index contributed by atoms with van der Waals surface area (Å²) in [6.07, 6.45) is 6.55. The molecule has 3 N–H and O–H groups in total. The lowest BCUT2D eigenvalue weighted by Crippen LogP contribution is -2.48. The van der Waals surface area contributed by atoms with Crippen LogP contribution in [-0.2, 0) is 9.59 Å². The summed E-state index contributed by atoms with van der Waals surface area (Å²) < 4.78 is 0. The van der Waals surface area contributed by atoms with E-state index in [0.717, 1.165) is 56.4 Å². The molecule has 3 atom stereocenters. The van der Waals surface area contributed by atoms with Gasteiger partial charge in [0, 0.05) is 18.2 Å². The Morgan fingerprint density at radius 2 is 1.92 bits per heavy atom. The van der Waals surface area contributed by atoms with Crippen LogP contribution in [0.2, 0.25) is 0 Å². The van der Waals surface area contributed by atoms with E-state index in [1.807, 2.05) is 31.2 Å². The number of carbonyl (C=O) groups is 2. The van der Waals surface area contributed by atoms with Gasteiger partial charge in [0.05, 0.1) is 11.5 Å². The summed E-state index contributed by atoms with van der Waals surface area (Å²) in [5.41, 5.74) is 1.68. The summed E-state index contributed by atoms with van der Waals surface area (Å²) in [5, 5.41) is 9.65. The number of hydrogen-bond donors (Lipinski definition) is 3. The van der Waals surface area contributed by atoms with Crippen molar-refractivity contribution in [2.75, 3.05) is 18.4 Å². The van der Waals surface area contributed by atoms with Gasteiger partial charge in [-0.25, -0.2) is 0 Å².